The molecule has 4 rings (SSSR count). The standard InChI is InChI=1S/C19H14N2O4/c1-23-14-5-2-4-12(10-14)19-21-15-8-7-13(11-17(15)25-19)20-18(22)16-6-3-9-24-16/h2-11H,1H3,(H,20,22). The zero-order valence-corrected chi connectivity index (χ0v) is 13.4. The van der Waals surface area contributed by atoms with Crippen LogP contribution in [0.15, 0.2) is 69.7 Å². The van der Waals surface area contributed by atoms with Crippen LogP contribution in [0.25, 0.3) is 22.6 Å². The number of ether oxygens (including phenoxy) is 1. The Morgan fingerprint density at radius 3 is 2.84 bits per heavy atom. The molecule has 1 amide bonds. The number of anilines is 1. The van der Waals surface area contributed by atoms with Crippen LogP contribution in [0.1, 0.15) is 10.6 Å². The molecule has 0 spiro atoms. The van der Waals surface area contributed by atoms with Crippen LogP contribution < -0.4 is 10.1 Å². The highest BCUT2D eigenvalue weighted by Crippen LogP contribution is 2.28. The van der Waals surface area contributed by atoms with Gasteiger partial charge in [-0.15, -0.1) is 0 Å². The van der Waals surface area contributed by atoms with Gasteiger partial charge in [-0.25, -0.2) is 4.98 Å². The van der Waals surface area contributed by atoms with Crippen molar-refractivity contribution in [2.45, 2.75) is 0 Å². The second-order valence-electron chi connectivity index (χ2n) is 5.36. The lowest BCUT2D eigenvalue weighted by Crippen LogP contribution is -2.10. The monoisotopic (exact) mass is 334 g/mol. The van der Waals surface area contributed by atoms with Crippen LogP contribution in [0.5, 0.6) is 5.75 Å². The minimum atomic E-state index is -0.322. The molecule has 6 nitrogen and oxygen atoms in total. The van der Waals surface area contributed by atoms with Crippen molar-refractivity contribution in [3.05, 3.63) is 66.6 Å². The number of rotatable bonds is 4. The van der Waals surface area contributed by atoms with E-state index in [0.29, 0.717) is 22.7 Å². The normalized spacial score (nSPS) is 10.8. The van der Waals surface area contributed by atoms with Crippen LogP contribution in [0.3, 0.4) is 0 Å². The first kappa shape index (κ1) is 15.0. The molecule has 0 radical (unpaired) electrons. The van der Waals surface area contributed by atoms with Crippen molar-refractivity contribution in [3.63, 3.8) is 0 Å². The summed E-state index contributed by atoms with van der Waals surface area (Å²) in [5, 5.41) is 2.76. The summed E-state index contributed by atoms with van der Waals surface area (Å²) in [6.45, 7) is 0. The van der Waals surface area contributed by atoms with E-state index >= 15 is 0 Å². The zero-order chi connectivity index (χ0) is 17.2. The number of amides is 1. The van der Waals surface area contributed by atoms with E-state index in [1.54, 1.807) is 37.4 Å². The van der Waals surface area contributed by atoms with Crippen molar-refractivity contribution in [1.29, 1.82) is 0 Å². The van der Waals surface area contributed by atoms with Gasteiger partial charge in [0.05, 0.1) is 13.4 Å². The first-order chi connectivity index (χ1) is 12.2. The van der Waals surface area contributed by atoms with E-state index in [9.17, 15) is 4.79 Å². The van der Waals surface area contributed by atoms with Crippen LogP contribution in [-0.4, -0.2) is 18.0 Å². The van der Waals surface area contributed by atoms with Gasteiger partial charge < -0.3 is 18.9 Å². The SMILES string of the molecule is COc1cccc(-c2nc3ccc(NC(=O)c4ccco4)cc3o2)c1. The Morgan fingerprint density at radius 2 is 2.04 bits per heavy atom. The smallest absolute Gasteiger partial charge is 0.291 e. The molecule has 0 saturated heterocycles. The van der Waals surface area contributed by atoms with E-state index < -0.39 is 0 Å². The number of methoxy groups -OCH3 is 1. The van der Waals surface area contributed by atoms with Gasteiger partial charge in [0.15, 0.2) is 11.3 Å². The molecule has 6 heteroatoms. The summed E-state index contributed by atoms with van der Waals surface area (Å²) >= 11 is 0. The van der Waals surface area contributed by atoms with Crippen LogP contribution in [0.2, 0.25) is 0 Å². The first-order valence-corrected chi connectivity index (χ1v) is 7.63. The Labute approximate surface area is 143 Å². The molecule has 25 heavy (non-hydrogen) atoms. The number of carbonyl (C=O) groups excluding carboxylic acids is 1. The van der Waals surface area contributed by atoms with E-state index in [1.807, 2.05) is 24.3 Å². The second kappa shape index (κ2) is 6.16. The van der Waals surface area contributed by atoms with Gasteiger partial charge in [-0.1, -0.05) is 6.07 Å². The highest BCUT2D eigenvalue weighted by Gasteiger charge is 2.12. The zero-order valence-electron chi connectivity index (χ0n) is 13.4. The van der Waals surface area contributed by atoms with Crippen molar-refractivity contribution >= 4 is 22.7 Å². The van der Waals surface area contributed by atoms with Gasteiger partial charge in [-0.05, 0) is 42.5 Å². The molecule has 4 aromatic rings. The molecule has 0 atom stereocenters. The number of nitrogens with one attached hydrogen (secondary N) is 1. The summed E-state index contributed by atoms with van der Waals surface area (Å²) in [6.07, 6.45) is 1.45. The van der Waals surface area contributed by atoms with E-state index in [2.05, 4.69) is 10.3 Å². The maximum atomic E-state index is 12.0. The molecule has 2 aromatic carbocycles. The minimum absolute atomic E-state index is 0.245. The average Bonchev–Trinajstić information content (AvgIpc) is 3.31. The molecule has 0 bridgehead atoms. The van der Waals surface area contributed by atoms with E-state index in [-0.39, 0.29) is 11.7 Å². The Morgan fingerprint density at radius 1 is 1.12 bits per heavy atom. The summed E-state index contributed by atoms with van der Waals surface area (Å²) in [5.41, 5.74) is 2.70. The van der Waals surface area contributed by atoms with Crippen molar-refractivity contribution in [3.8, 4) is 17.2 Å². The first-order valence-electron chi connectivity index (χ1n) is 7.63. The quantitative estimate of drug-likeness (QED) is 0.600. The largest absolute Gasteiger partial charge is 0.497 e. The fraction of sp³-hybridized carbons (Fsp3) is 0.0526. The fourth-order valence-corrected chi connectivity index (χ4v) is 2.48. The fourth-order valence-electron chi connectivity index (χ4n) is 2.48. The molecule has 1 N–H and O–H groups in total. The molecule has 0 aliphatic carbocycles. The highest BCUT2D eigenvalue weighted by molar-refractivity contribution is 6.03. The third kappa shape index (κ3) is 2.97. The van der Waals surface area contributed by atoms with Gasteiger partial charge in [-0.3, -0.25) is 4.79 Å². The van der Waals surface area contributed by atoms with Crippen LogP contribution in [-0.2, 0) is 0 Å². The lowest BCUT2D eigenvalue weighted by Gasteiger charge is -2.02. The predicted molar refractivity (Wildman–Crippen MR) is 92.7 cm³/mol. The minimum Gasteiger partial charge on any atom is -0.497 e. The molecular weight excluding hydrogens is 320 g/mol. The number of hydrogen-bond donors (Lipinski definition) is 1. The number of hydrogen-bond acceptors (Lipinski definition) is 5. The maximum Gasteiger partial charge on any atom is 0.291 e. The lowest BCUT2D eigenvalue weighted by atomic mass is 10.2. The Balaban J connectivity index is 1.64. The van der Waals surface area contributed by atoms with Crippen molar-refractivity contribution < 1.29 is 18.4 Å². The number of aromatic nitrogens is 1. The summed E-state index contributed by atoms with van der Waals surface area (Å²) in [6, 6.07) is 16.0. The topological polar surface area (TPSA) is 77.5 Å². The van der Waals surface area contributed by atoms with Gasteiger partial charge in [-0.2, -0.15) is 0 Å². The summed E-state index contributed by atoms with van der Waals surface area (Å²) in [5.74, 6) is 1.14. The maximum absolute atomic E-state index is 12.0. The summed E-state index contributed by atoms with van der Waals surface area (Å²) in [7, 11) is 1.61. The molecule has 2 heterocycles. The van der Waals surface area contributed by atoms with Gasteiger partial charge in [0, 0.05) is 17.3 Å². The lowest BCUT2D eigenvalue weighted by molar-refractivity contribution is 0.0996. The molecular formula is C19H14N2O4. The van der Waals surface area contributed by atoms with Crippen LogP contribution in [0, 0.1) is 0 Å². The molecule has 0 fully saturated rings. The van der Waals surface area contributed by atoms with E-state index in [4.69, 9.17) is 13.6 Å². The highest BCUT2D eigenvalue weighted by atomic mass is 16.5. The van der Waals surface area contributed by atoms with E-state index in [0.717, 1.165) is 11.3 Å². The molecule has 0 unspecified atom stereocenters. The van der Waals surface area contributed by atoms with Gasteiger partial charge in [0.1, 0.15) is 11.3 Å². The Bertz CT molecular complexity index is 1030. The Hall–Kier alpha value is -3.54. The van der Waals surface area contributed by atoms with Crippen LogP contribution in [0.4, 0.5) is 5.69 Å². The predicted octanol–water partition coefficient (Wildman–Crippen LogP) is 4.35. The molecule has 0 aliphatic heterocycles. The number of oxazole rings is 1. The van der Waals surface area contributed by atoms with Crippen molar-refractivity contribution in [2.75, 3.05) is 12.4 Å². The number of carbonyl (C=O) groups is 1. The van der Waals surface area contributed by atoms with Crippen LogP contribution >= 0.6 is 0 Å². The second-order valence-corrected chi connectivity index (χ2v) is 5.36. The summed E-state index contributed by atoms with van der Waals surface area (Å²) < 4.78 is 16.1. The molecule has 0 saturated carbocycles. The van der Waals surface area contributed by atoms with Gasteiger partial charge in [0.2, 0.25) is 5.89 Å². The molecule has 0 aliphatic rings. The number of benzene rings is 2. The van der Waals surface area contributed by atoms with Crippen molar-refractivity contribution in [1.82, 2.24) is 4.98 Å². The molecule has 124 valence electrons. The summed E-state index contributed by atoms with van der Waals surface area (Å²) in [4.78, 5) is 16.5. The van der Waals surface area contributed by atoms with E-state index in [1.165, 1.54) is 6.26 Å². The molecule has 2 aromatic heterocycles. The van der Waals surface area contributed by atoms with Crippen molar-refractivity contribution in [2.24, 2.45) is 0 Å². The number of nitrogens with zero attached hydrogens (tertiary/aromatic N) is 1. The van der Waals surface area contributed by atoms with Gasteiger partial charge >= 0.3 is 0 Å². The Kier molecular flexibility index (Phi) is 3.70. The third-order valence-corrected chi connectivity index (χ3v) is 3.71. The number of furan rings is 1. The number of fused-ring (bicyclic) bond motifs is 1. The van der Waals surface area contributed by atoms with Gasteiger partial charge in [0.25, 0.3) is 5.91 Å². The average molecular weight is 334 g/mol. The third-order valence-electron chi connectivity index (χ3n) is 3.71.